The third-order valence-electron chi connectivity index (χ3n) is 3.84. The van der Waals surface area contributed by atoms with E-state index in [2.05, 4.69) is 9.97 Å². The van der Waals surface area contributed by atoms with Crippen molar-refractivity contribution in [1.82, 2.24) is 18.6 Å². The standard InChI is InChI=1S/C13H20N4O5S/c1-20-12-13(15-4-3-14-12)22-11-2-5-17(10-11)23(18,19)16-6-8-21-9-7-16/h3-4,11H,2,5-10H2,1H3. The summed E-state index contributed by atoms with van der Waals surface area (Å²) in [4.78, 5) is 8.10. The van der Waals surface area contributed by atoms with Crippen molar-refractivity contribution < 1.29 is 22.6 Å². The van der Waals surface area contributed by atoms with Gasteiger partial charge < -0.3 is 14.2 Å². The molecule has 0 radical (unpaired) electrons. The Morgan fingerprint density at radius 3 is 2.52 bits per heavy atom. The predicted molar refractivity (Wildman–Crippen MR) is 80.5 cm³/mol. The van der Waals surface area contributed by atoms with E-state index in [1.165, 1.54) is 28.1 Å². The van der Waals surface area contributed by atoms with Gasteiger partial charge >= 0.3 is 0 Å². The van der Waals surface area contributed by atoms with Crippen LogP contribution >= 0.6 is 0 Å². The fourth-order valence-electron chi connectivity index (χ4n) is 2.64. The van der Waals surface area contributed by atoms with Crippen LogP contribution in [0.3, 0.4) is 0 Å². The third-order valence-corrected chi connectivity index (χ3v) is 5.84. The predicted octanol–water partition coefficient (Wildman–Crippen LogP) is -0.485. The second kappa shape index (κ2) is 6.95. The van der Waals surface area contributed by atoms with E-state index in [-0.39, 0.29) is 12.0 Å². The normalized spacial score (nSPS) is 23.8. The van der Waals surface area contributed by atoms with Gasteiger partial charge in [-0.2, -0.15) is 17.0 Å². The molecule has 23 heavy (non-hydrogen) atoms. The van der Waals surface area contributed by atoms with Gasteiger partial charge in [-0.15, -0.1) is 0 Å². The second-order valence-corrected chi connectivity index (χ2v) is 7.20. The quantitative estimate of drug-likeness (QED) is 0.712. The molecule has 1 atom stereocenters. The lowest BCUT2D eigenvalue weighted by Gasteiger charge is -2.29. The van der Waals surface area contributed by atoms with Gasteiger partial charge in [0.25, 0.3) is 22.0 Å². The largest absolute Gasteiger partial charge is 0.477 e. The van der Waals surface area contributed by atoms with Gasteiger partial charge in [0.05, 0.1) is 26.9 Å². The summed E-state index contributed by atoms with van der Waals surface area (Å²) in [5.74, 6) is 0.576. The first-order chi connectivity index (χ1) is 11.1. The highest BCUT2D eigenvalue weighted by atomic mass is 32.2. The van der Waals surface area contributed by atoms with Crippen molar-refractivity contribution in [2.24, 2.45) is 0 Å². The van der Waals surface area contributed by atoms with Gasteiger partial charge in [0.1, 0.15) is 6.10 Å². The van der Waals surface area contributed by atoms with Crippen molar-refractivity contribution in [2.75, 3.05) is 46.5 Å². The first-order valence-corrected chi connectivity index (χ1v) is 8.85. The molecule has 0 N–H and O–H groups in total. The first kappa shape index (κ1) is 16.4. The molecule has 1 aromatic rings. The summed E-state index contributed by atoms with van der Waals surface area (Å²) in [7, 11) is -1.98. The van der Waals surface area contributed by atoms with Crippen molar-refractivity contribution in [3.05, 3.63) is 12.4 Å². The van der Waals surface area contributed by atoms with Crippen LogP contribution in [0.15, 0.2) is 12.4 Å². The minimum atomic E-state index is -3.46. The van der Waals surface area contributed by atoms with Gasteiger partial charge in [0.2, 0.25) is 0 Å². The Kier molecular flexibility index (Phi) is 4.95. The molecule has 0 bridgehead atoms. The highest BCUT2D eigenvalue weighted by molar-refractivity contribution is 7.86. The maximum Gasteiger partial charge on any atom is 0.282 e. The Morgan fingerprint density at radius 2 is 1.83 bits per heavy atom. The smallest absolute Gasteiger partial charge is 0.282 e. The van der Waals surface area contributed by atoms with Gasteiger partial charge in [0, 0.05) is 32.0 Å². The SMILES string of the molecule is COc1nccnc1OC1CCN(S(=O)(=O)N2CCOCC2)C1. The number of ether oxygens (including phenoxy) is 3. The van der Waals surface area contributed by atoms with E-state index in [4.69, 9.17) is 14.2 Å². The maximum atomic E-state index is 12.6. The highest BCUT2D eigenvalue weighted by Crippen LogP contribution is 2.25. The zero-order valence-electron chi connectivity index (χ0n) is 12.9. The van der Waals surface area contributed by atoms with E-state index in [9.17, 15) is 8.42 Å². The van der Waals surface area contributed by atoms with Gasteiger partial charge in [0.15, 0.2) is 0 Å². The Bertz CT molecular complexity index is 635. The molecule has 0 amide bonds. The van der Waals surface area contributed by atoms with E-state index in [1.807, 2.05) is 0 Å². The minimum Gasteiger partial charge on any atom is -0.477 e. The molecule has 0 spiro atoms. The minimum absolute atomic E-state index is 0.267. The maximum absolute atomic E-state index is 12.6. The molecule has 0 saturated carbocycles. The highest BCUT2D eigenvalue weighted by Gasteiger charge is 2.37. The Labute approximate surface area is 135 Å². The third kappa shape index (κ3) is 3.55. The van der Waals surface area contributed by atoms with Crippen LogP contribution in [0.2, 0.25) is 0 Å². The van der Waals surface area contributed by atoms with Gasteiger partial charge in [-0.05, 0) is 6.42 Å². The summed E-state index contributed by atoms with van der Waals surface area (Å²) >= 11 is 0. The van der Waals surface area contributed by atoms with Crippen LogP contribution in [-0.4, -0.2) is 79.6 Å². The molecule has 1 aromatic heterocycles. The second-order valence-electron chi connectivity index (χ2n) is 5.28. The van der Waals surface area contributed by atoms with E-state index < -0.39 is 10.2 Å². The van der Waals surface area contributed by atoms with Crippen LogP contribution in [0.4, 0.5) is 0 Å². The molecular weight excluding hydrogens is 324 g/mol. The lowest BCUT2D eigenvalue weighted by atomic mass is 10.3. The zero-order valence-corrected chi connectivity index (χ0v) is 13.7. The Morgan fingerprint density at radius 1 is 1.13 bits per heavy atom. The summed E-state index contributed by atoms with van der Waals surface area (Å²) in [5, 5.41) is 0. The molecule has 0 aliphatic carbocycles. The van der Waals surface area contributed by atoms with Crippen molar-refractivity contribution >= 4 is 10.2 Å². The summed E-state index contributed by atoms with van der Waals surface area (Å²) in [5.41, 5.74) is 0. The molecule has 2 saturated heterocycles. The van der Waals surface area contributed by atoms with Crippen LogP contribution < -0.4 is 9.47 Å². The molecule has 0 aromatic carbocycles. The molecule has 2 aliphatic heterocycles. The fourth-order valence-corrected chi connectivity index (χ4v) is 4.26. The van der Waals surface area contributed by atoms with E-state index >= 15 is 0 Å². The van der Waals surface area contributed by atoms with Gasteiger partial charge in [-0.25, -0.2) is 9.97 Å². The number of rotatable bonds is 5. The van der Waals surface area contributed by atoms with Crippen molar-refractivity contribution in [1.29, 1.82) is 0 Å². The lowest BCUT2D eigenvalue weighted by Crippen LogP contribution is -2.48. The average Bonchev–Trinajstić information content (AvgIpc) is 3.05. The number of hydrogen-bond donors (Lipinski definition) is 0. The van der Waals surface area contributed by atoms with Gasteiger partial charge in [-0.3, -0.25) is 0 Å². The Balaban J connectivity index is 1.64. The van der Waals surface area contributed by atoms with E-state index in [1.54, 1.807) is 0 Å². The Hall–Kier alpha value is -1.49. The van der Waals surface area contributed by atoms with Crippen molar-refractivity contribution in [3.8, 4) is 11.8 Å². The van der Waals surface area contributed by atoms with Crippen molar-refractivity contribution in [2.45, 2.75) is 12.5 Å². The lowest BCUT2D eigenvalue weighted by molar-refractivity contribution is 0.0703. The van der Waals surface area contributed by atoms with Crippen LogP contribution in [0.1, 0.15) is 6.42 Å². The van der Waals surface area contributed by atoms with E-state index in [0.717, 1.165) is 0 Å². The average molecular weight is 344 g/mol. The summed E-state index contributed by atoms with van der Waals surface area (Å²) in [6.07, 6.45) is 3.35. The molecule has 1 unspecified atom stereocenters. The summed E-state index contributed by atoms with van der Waals surface area (Å²) in [6, 6.07) is 0. The van der Waals surface area contributed by atoms with Crippen LogP contribution in [0.5, 0.6) is 11.8 Å². The number of methoxy groups -OCH3 is 1. The summed E-state index contributed by atoms with van der Waals surface area (Å²) in [6.45, 7) is 2.37. The van der Waals surface area contributed by atoms with Crippen LogP contribution in [0, 0.1) is 0 Å². The van der Waals surface area contributed by atoms with Crippen molar-refractivity contribution in [3.63, 3.8) is 0 Å². The molecule has 2 aliphatic rings. The summed E-state index contributed by atoms with van der Waals surface area (Å²) < 4.78 is 44.2. The van der Waals surface area contributed by atoms with E-state index in [0.29, 0.717) is 51.7 Å². The monoisotopic (exact) mass is 344 g/mol. The molecule has 3 heterocycles. The zero-order chi connectivity index (χ0) is 16.3. The van der Waals surface area contributed by atoms with Crippen LogP contribution in [-0.2, 0) is 14.9 Å². The molecule has 2 fully saturated rings. The van der Waals surface area contributed by atoms with Gasteiger partial charge in [-0.1, -0.05) is 0 Å². The number of aromatic nitrogens is 2. The number of morpholine rings is 1. The number of hydrogen-bond acceptors (Lipinski definition) is 7. The first-order valence-electron chi connectivity index (χ1n) is 7.46. The number of nitrogens with zero attached hydrogens (tertiary/aromatic N) is 4. The molecule has 128 valence electrons. The molecule has 9 nitrogen and oxygen atoms in total. The fraction of sp³-hybridized carbons (Fsp3) is 0.692. The van der Waals surface area contributed by atoms with Crippen LogP contribution in [0.25, 0.3) is 0 Å². The topological polar surface area (TPSA) is 94.1 Å². The molecule has 10 heteroatoms. The molecular formula is C13H20N4O5S. The molecule has 3 rings (SSSR count).